The van der Waals surface area contributed by atoms with Crippen LogP contribution in [-0.2, 0) is 105 Å². The number of hydrogen-bond acceptors (Lipinski definition) is 32. The number of unbranched alkanes of at least 4 members (excludes halogenated alkanes) is 9. The SMILES string of the molecule is C=CC(=O)OCCCCCCC1CCC(OC)CC1.C=CC(=O)OCCCCCCOC1CCC(OC)CC1.C=CC(=O)OCCCCOC(=O)C1CCC(OC)CC1.C=CC(=O)OCCCCOC(=O)Oc1ccc(OC)cc1.C=CC(=O)OCCCCOC(=O)c1ccc(OC)cc1.CC(=O)C1CCC(C(=O)Oc2ccc(OC(=O)C3CCC(C(C)=O)CC3)c3sc(-c4cc5cc(C)ccc5o4)nc23)CC1. The molecule has 143 heavy (non-hydrogen) atoms. The maximum Gasteiger partial charge on any atom is 0.513 e. The number of Topliss-reactive ketones (excluding diaryl/α,β-unsaturated/α-hetero) is 2. The number of methoxy groups -OCH3 is 5. The van der Waals surface area contributed by atoms with Crippen LogP contribution in [0.1, 0.15) is 254 Å². The molecule has 5 saturated carbocycles. The Morgan fingerprint density at radius 2 is 0.727 bits per heavy atom. The van der Waals surface area contributed by atoms with Crippen LogP contribution in [0.3, 0.4) is 0 Å². The van der Waals surface area contributed by atoms with Crippen LogP contribution in [-0.4, -0.2) is 196 Å². The zero-order valence-electron chi connectivity index (χ0n) is 85.0. The van der Waals surface area contributed by atoms with Crippen molar-refractivity contribution >= 4 is 104 Å². The summed E-state index contributed by atoms with van der Waals surface area (Å²) in [6.45, 7) is 25.5. The van der Waals surface area contributed by atoms with E-state index < -0.39 is 24.1 Å². The van der Waals surface area contributed by atoms with Crippen LogP contribution in [0.15, 0.2) is 153 Å². The predicted octanol–water partition coefficient (Wildman–Crippen LogP) is 22.1. The number of ether oxygens (including phenoxy) is 17. The molecule has 31 nitrogen and oxygen atoms in total. The summed E-state index contributed by atoms with van der Waals surface area (Å²) in [6.07, 6.45) is 39.0. The molecule has 4 aromatic carbocycles. The fourth-order valence-corrected chi connectivity index (χ4v) is 17.6. The lowest BCUT2D eigenvalue weighted by Gasteiger charge is -2.27. The van der Waals surface area contributed by atoms with Crippen LogP contribution in [0.2, 0.25) is 0 Å². The molecule has 2 heterocycles. The number of nitrogens with zero attached hydrogens (tertiary/aromatic N) is 1. The Labute approximate surface area is 846 Å². The van der Waals surface area contributed by atoms with Crippen LogP contribution in [0.4, 0.5) is 4.79 Å². The molecule has 5 aliphatic carbocycles. The van der Waals surface area contributed by atoms with Gasteiger partial charge in [0, 0.05) is 75.5 Å². The lowest BCUT2D eigenvalue weighted by Crippen LogP contribution is -2.28. The first-order chi connectivity index (χ1) is 69.2. The van der Waals surface area contributed by atoms with E-state index in [1.807, 2.05) is 38.3 Å². The summed E-state index contributed by atoms with van der Waals surface area (Å²) in [5.74, 6) is 0.538. The second-order valence-corrected chi connectivity index (χ2v) is 36.7. The molecule has 0 unspecified atom stereocenters. The summed E-state index contributed by atoms with van der Waals surface area (Å²) < 4.78 is 94.9. The van der Waals surface area contributed by atoms with E-state index in [4.69, 9.17) is 89.9 Å². The van der Waals surface area contributed by atoms with Crippen molar-refractivity contribution in [1.82, 2.24) is 4.98 Å². The fraction of sp³-hybridized carbons (Fsp3) is 0.559. The number of aryl methyl sites for hydroxylation is 1. The average molecular weight is 2010 g/mol. The van der Waals surface area contributed by atoms with Gasteiger partial charge in [0.05, 0.1) is 115 Å². The van der Waals surface area contributed by atoms with Crippen LogP contribution in [0, 0.1) is 42.4 Å². The number of ketones is 2. The molecule has 0 aliphatic heterocycles. The van der Waals surface area contributed by atoms with Crippen LogP contribution >= 0.6 is 11.3 Å². The van der Waals surface area contributed by atoms with E-state index in [1.165, 1.54) is 68.4 Å². The summed E-state index contributed by atoms with van der Waals surface area (Å²) in [5, 5.41) is 1.53. The molecule has 11 rings (SSSR count). The van der Waals surface area contributed by atoms with E-state index in [0.29, 0.717) is 203 Å². The Bertz CT molecular complexity index is 4790. The smallest absolute Gasteiger partial charge is 0.497 e. The molecule has 32 heteroatoms. The third kappa shape index (κ3) is 47.6. The van der Waals surface area contributed by atoms with Gasteiger partial charge in [-0.3, -0.25) is 24.0 Å². The zero-order chi connectivity index (χ0) is 104. The second-order valence-electron chi connectivity index (χ2n) is 35.7. The van der Waals surface area contributed by atoms with E-state index in [0.717, 1.165) is 137 Å². The summed E-state index contributed by atoms with van der Waals surface area (Å²) in [4.78, 5) is 144. The monoisotopic (exact) mass is 2010 g/mol. The number of benzene rings is 4. The fourth-order valence-electron chi connectivity index (χ4n) is 16.6. The molecule has 2 aromatic heterocycles. The van der Waals surface area contributed by atoms with Gasteiger partial charge in [0.25, 0.3) is 0 Å². The number of esters is 9. The van der Waals surface area contributed by atoms with Gasteiger partial charge in [-0.25, -0.2) is 38.5 Å². The quantitative estimate of drug-likeness (QED) is 0.00854. The molecule has 6 aromatic rings. The van der Waals surface area contributed by atoms with Crippen molar-refractivity contribution in [2.75, 3.05) is 95.0 Å². The normalized spacial score (nSPS) is 18.8. The van der Waals surface area contributed by atoms with E-state index >= 15 is 0 Å². The zero-order valence-corrected chi connectivity index (χ0v) is 85.8. The molecule has 0 spiro atoms. The van der Waals surface area contributed by atoms with E-state index in [1.54, 1.807) is 103 Å². The Kier molecular flexibility index (Phi) is 58.8. The Balaban J connectivity index is 0.000000273. The van der Waals surface area contributed by atoms with Crippen molar-refractivity contribution in [3.05, 3.63) is 159 Å². The summed E-state index contributed by atoms with van der Waals surface area (Å²) in [6, 6.07) is 24.4. The largest absolute Gasteiger partial charge is 0.513 e. The Morgan fingerprint density at radius 1 is 0.364 bits per heavy atom. The third-order valence-corrected chi connectivity index (χ3v) is 26.4. The molecule has 786 valence electrons. The highest BCUT2D eigenvalue weighted by Crippen LogP contribution is 2.44. The maximum absolute atomic E-state index is 13.2. The van der Waals surface area contributed by atoms with Gasteiger partial charge in [-0.15, -0.1) is 11.3 Å². The highest BCUT2D eigenvalue weighted by atomic mass is 32.1. The number of hydrogen-bond donors (Lipinski definition) is 0. The first-order valence-corrected chi connectivity index (χ1v) is 51.0. The van der Waals surface area contributed by atoms with Crippen molar-refractivity contribution in [1.29, 1.82) is 0 Å². The summed E-state index contributed by atoms with van der Waals surface area (Å²) in [7, 11) is 8.44. The van der Waals surface area contributed by atoms with Crippen molar-refractivity contribution in [2.24, 2.45) is 35.5 Å². The van der Waals surface area contributed by atoms with E-state index in [9.17, 15) is 57.5 Å². The number of rotatable bonds is 50. The molecule has 0 N–H and O–H groups in total. The molecule has 0 radical (unpaired) electrons. The minimum Gasteiger partial charge on any atom is -0.497 e. The number of fused-ring (bicyclic) bond motifs is 2. The lowest BCUT2D eigenvalue weighted by molar-refractivity contribution is -0.151. The molecule has 0 atom stereocenters. The average Bonchev–Trinajstić information content (AvgIpc) is 1.62. The van der Waals surface area contributed by atoms with Gasteiger partial charge in [0.2, 0.25) is 0 Å². The number of furan rings is 1. The first kappa shape index (κ1) is 120. The molecule has 5 aliphatic rings. The van der Waals surface area contributed by atoms with Crippen LogP contribution in [0.5, 0.6) is 28.7 Å². The first-order valence-electron chi connectivity index (χ1n) is 50.2. The van der Waals surface area contributed by atoms with E-state index in [2.05, 4.69) is 32.9 Å². The highest BCUT2D eigenvalue weighted by molar-refractivity contribution is 7.22. The standard InChI is InChI=1S/C34H35NO7S.C16H28O4.C16H28O3.C15H18O6.C15H24O5.C15H18O5/c1-18-4-13-26-25(16-18)17-29(40-26)32-35-30-27(41-33(38)23-9-5-21(6-10-23)19(2)36)14-15-28(31(30)43-32)42-34(39)24-11-7-22(8-12-24)20(3)37;1-3-16(17)20-13-7-5-4-6-12-19-15-10-8-14(18-2)9-11-15;1-3-16(17)19-13-7-5-4-6-8-14-9-11-15(18-2)12-10-14;1-3-14(16)19-10-4-5-11-20-15(17)21-13-8-6-12(18-2)7-9-13;2*1-3-14(16)19-10-4-5-11-20-15(17)12-6-8-13(18-2)9-7-12/h4,13-17,21-24H,5-12H2,1-3H3;3,14-15H,1,4-13H2,2H3;3,14-15H,1,4-13H2,2H3;3,6-9H,1,4-5,10-11H2,2H3;3,12-13H,1,4-11H2,2H3;3,6-9H,1,4-5,10-11H2,2H3. The van der Waals surface area contributed by atoms with Crippen LogP contribution in [0.25, 0.3) is 32.0 Å². The lowest BCUT2D eigenvalue weighted by atomic mass is 9.80. The van der Waals surface area contributed by atoms with Crippen molar-refractivity contribution in [3.8, 4) is 39.5 Å². The Hall–Kier alpha value is -11.7. The molecule has 5 fully saturated rings. The van der Waals surface area contributed by atoms with Crippen molar-refractivity contribution < 1.29 is 142 Å². The van der Waals surface area contributed by atoms with Gasteiger partial charge in [-0.05, 0) is 298 Å². The van der Waals surface area contributed by atoms with Gasteiger partial charge in [0.15, 0.2) is 22.3 Å². The van der Waals surface area contributed by atoms with Gasteiger partial charge in [0.1, 0.15) is 44.6 Å². The third-order valence-electron chi connectivity index (χ3n) is 25.3. The molecule has 0 saturated heterocycles. The number of thiazole rings is 1. The molecular weight excluding hydrogens is 1860 g/mol. The highest BCUT2D eigenvalue weighted by Gasteiger charge is 2.34. The minimum absolute atomic E-state index is 0.0101. The van der Waals surface area contributed by atoms with Gasteiger partial charge >= 0.3 is 59.9 Å². The topological polar surface area (TPSA) is 388 Å². The number of aromatic nitrogens is 1. The van der Waals surface area contributed by atoms with Gasteiger partial charge in [-0.1, -0.05) is 76.6 Å². The van der Waals surface area contributed by atoms with Crippen molar-refractivity contribution in [3.63, 3.8) is 0 Å². The van der Waals surface area contributed by atoms with E-state index in [-0.39, 0.29) is 96.8 Å². The number of carbonyl (C=O) groups excluding carboxylic acids is 12. The van der Waals surface area contributed by atoms with Crippen LogP contribution < -0.4 is 23.7 Å². The Morgan fingerprint density at radius 3 is 1.17 bits per heavy atom. The van der Waals surface area contributed by atoms with Crippen molar-refractivity contribution in [2.45, 2.75) is 270 Å². The minimum atomic E-state index is -0.775. The van der Waals surface area contributed by atoms with Gasteiger partial charge < -0.3 is 84.9 Å². The second kappa shape index (κ2) is 70.1. The molecular formula is C111H151NO30S. The maximum atomic E-state index is 13.2. The summed E-state index contributed by atoms with van der Waals surface area (Å²) in [5.41, 5.74) is 2.75. The molecule has 0 bridgehead atoms. The number of carbonyl (C=O) groups is 12. The molecule has 0 amide bonds. The predicted molar refractivity (Wildman–Crippen MR) is 542 cm³/mol. The summed E-state index contributed by atoms with van der Waals surface area (Å²) >= 11 is 1.31. The van der Waals surface area contributed by atoms with Gasteiger partial charge in [-0.2, -0.15) is 0 Å².